The molecule has 0 saturated carbocycles. The van der Waals surface area contributed by atoms with Gasteiger partial charge in [-0.05, 0) is 37.2 Å². The van der Waals surface area contributed by atoms with E-state index < -0.39 is 0 Å². The fraction of sp³-hybridized carbons (Fsp3) is 0.190. The molecule has 158 valence electrons. The Morgan fingerprint density at radius 3 is 2.68 bits per heavy atom. The molecule has 4 N–H and O–H groups in total. The summed E-state index contributed by atoms with van der Waals surface area (Å²) in [6.07, 6.45) is 4.08. The van der Waals surface area contributed by atoms with Crippen molar-refractivity contribution >= 4 is 41.0 Å². The molecule has 1 atom stereocenters. The molecule has 31 heavy (non-hydrogen) atoms. The number of benzene rings is 1. The topological polar surface area (TPSA) is 124 Å². The van der Waals surface area contributed by atoms with Crippen molar-refractivity contribution in [1.82, 2.24) is 30.0 Å². The molecular weight excluding hydrogens is 416 g/mol. The van der Waals surface area contributed by atoms with Crippen LogP contribution in [0.4, 0.5) is 11.6 Å². The number of carbonyl (C=O) groups is 1. The van der Waals surface area contributed by atoms with E-state index in [9.17, 15) is 4.79 Å². The second-order valence-electron chi connectivity index (χ2n) is 7.14. The summed E-state index contributed by atoms with van der Waals surface area (Å²) in [5.74, 6) is 0.672. The number of carbonyl (C=O) groups excluding carboxylic acids is 1. The minimum atomic E-state index is -0.226. The molecule has 1 fully saturated rings. The lowest BCUT2D eigenvalue weighted by Gasteiger charge is -2.09. The van der Waals surface area contributed by atoms with E-state index in [-0.39, 0.29) is 24.4 Å². The highest BCUT2D eigenvalue weighted by Gasteiger charge is 2.24. The number of amides is 1. The van der Waals surface area contributed by atoms with Gasteiger partial charge < -0.3 is 16.4 Å². The number of nitrogens with one attached hydrogen (secondary N) is 2. The van der Waals surface area contributed by atoms with Crippen LogP contribution in [0.3, 0.4) is 0 Å². The van der Waals surface area contributed by atoms with E-state index in [1.54, 1.807) is 30.5 Å². The van der Waals surface area contributed by atoms with Gasteiger partial charge in [-0.2, -0.15) is 5.10 Å². The molecule has 1 unspecified atom stereocenters. The van der Waals surface area contributed by atoms with Crippen LogP contribution in [0, 0.1) is 0 Å². The number of fused-ring (bicyclic) bond motifs is 1. The molecule has 1 aliphatic heterocycles. The van der Waals surface area contributed by atoms with Crippen LogP contribution in [0.25, 0.3) is 22.3 Å². The lowest BCUT2D eigenvalue weighted by atomic mass is 10.1. The summed E-state index contributed by atoms with van der Waals surface area (Å²) in [5, 5.41) is 11.7. The van der Waals surface area contributed by atoms with Gasteiger partial charge in [0.2, 0.25) is 0 Å². The molecule has 1 amide bonds. The van der Waals surface area contributed by atoms with Gasteiger partial charge in [0.15, 0.2) is 5.65 Å². The quantitative estimate of drug-likeness (QED) is 0.449. The molecule has 0 spiro atoms. The summed E-state index contributed by atoms with van der Waals surface area (Å²) in [4.78, 5) is 25.2. The Hall–Kier alpha value is -3.56. The monoisotopic (exact) mass is 436 g/mol. The molecule has 0 aliphatic carbocycles. The van der Waals surface area contributed by atoms with Crippen LogP contribution in [-0.4, -0.2) is 43.7 Å². The molecule has 4 aromatic rings. The molecule has 10 heteroatoms. The Kier molecular flexibility index (Phi) is 5.79. The van der Waals surface area contributed by atoms with Gasteiger partial charge in [0.05, 0.1) is 11.4 Å². The maximum absolute atomic E-state index is 12.5. The molecular formula is C21H21ClN8O. The third-order valence-electron chi connectivity index (χ3n) is 5.23. The zero-order chi connectivity index (χ0) is 20.5. The van der Waals surface area contributed by atoms with E-state index >= 15 is 0 Å². The molecule has 3 aromatic heterocycles. The van der Waals surface area contributed by atoms with Crippen molar-refractivity contribution in [2.24, 2.45) is 0 Å². The summed E-state index contributed by atoms with van der Waals surface area (Å²) in [6.45, 7) is 1.79. The summed E-state index contributed by atoms with van der Waals surface area (Å²) < 4.78 is 1.93. The summed E-state index contributed by atoms with van der Waals surface area (Å²) in [7, 11) is 0. The zero-order valence-corrected chi connectivity index (χ0v) is 17.3. The number of hydrogen-bond donors (Lipinski definition) is 3. The molecule has 9 nitrogen and oxygen atoms in total. The van der Waals surface area contributed by atoms with E-state index in [0.717, 1.165) is 36.1 Å². The number of nitrogen functional groups attached to an aromatic ring is 1. The lowest BCUT2D eigenvalue weighted by Crippen LogP contribution is -2.15. The van der Waals surface area contributed by atoms with Crippen molar-refractivity contribution in [3.63, 3.8) is 0 Å². The van der Waals surface area contributed by atoms with Crippen LogP contribution in [0.15, 0.2) is 55.0 Å². The Labute approximate surface area is 184 Å². The Morgan fingerprint density at radius 2 is 1.97 bits per heavy atom. The number of hydrogen-bond acceptors (Lipinski definition) is 7. The van der Waals surface area contributed by atoms with Gasteiger partial charge in [-0.25, -0.2) is 19.6 Å². The third-order valence-corrected chi connectivity index (χ3v) is 5.23. The van der Waals surface area contributed by atoms with Gasteiger partial charge in [-0.1, -0.05) is 18.2 Å². The second-order valence-corrected chi connectivity index (χ2v) is 7.14. The molecule has 1 aliphatic rings. The number of anilines is 2. The normalized spacial score (nSPS) is 15.5. The summed E-state index contributed by atoms with van der Waals surface area (Å²) in [5.41, 5.74) is 8.99. The highest BCUT2D eigenvalue weighted by Crippen LogP contribution is 2.32. The van der Waals surface area contributed by atoms with Gasteiger partial charge in [-0.3, -0.25) is 4.79 Å². The van der Waals surface area contributed by atoms with E-state index in [2.05, 4.69) is 25.6 Å². The smallest absolute Gasteiger partial charge is 0.256 e. The second kappa shape index (κ2) is 8.66. The lowest BCUT2D eigenvalue weighted by molar-refractivity contribution is 0.102. The van der Waals surface area contributed by atoms with Crippen LogP contribution >= 0.6 is 12.4 Å². The molecule has 0 radical (unpaired) electrons. The van der Waals surface area contributed by atoms with Gasteiger partial charge in [0, 0.05) is 23.9 Å². The number of nitrogens with zero attached hydrogens (tertiary/aromatic N) is 5. The fourth-order valence-electron chi connectivity index (χ4n) is 3.70. The maximum Gasteiger partial charge on any atom is 0.256 e. The Morgan fingerprint density at radius 1 is 1.13 bits per heavy atom. The predicted octanol–water partition coefficient (Wildman–Crippen LogP) is 2.68. The Balaban J connectivity index is 0.00000231. The van der Waals surface area contributed by atoms with Gasteiger partial charge >= 0.3 is 0 Å². The molecule has 1 saturated heterocycles. The average molecular weight is 437 g/mol. The van der Waals surface area contributed by atoms with Crippen molar-refractivity contribution in [3.8, 4) is 11.3 Å². The zero-order valence-electron chi connectivity index (χ0n) is 16.5. The fourth-order valence-corrected chi connectivity index (χ4v) is 3.70. The number of nitrogens with two attached hydrogens (primary N) is 1. The number of pyridine rings is 1. The predicted molar refractivity (Wildman–Crippen MR) is 121 cm³/mol. The standard InChI is InChI=1S/C21H20N8O.ClH/c22-19-17-18(28-29(15-8-10-23-11-15)20(17)26-12-25-19)13-4-6-14(7-5-13)21(30)27-16-3-1-2-9-24-16;/h1-7,9,12,15,23H,8,10-11H2,(H2,22,25,26)(H,24,27,30);1H. The minimum absolute atomic E-state index is 0. The van der Waals surface area contributed by atoms with E-state index in [1.165, 1.54) is 6.33 Å². The van der Waals surface area contributed by atoms with Crippen molar-refractivity contribution in [1.29, 1.82) is 0 Å². The SMILES string of the molecule is Cl.Nc1ncnc2c1c(-c1ccc(C(=O)Nc3ccccn3)cc1)nn2C1CCNC1. The largest absolute Gasteiger partial charge is 0.383 e. The van der Waals surface area contributed by atoms with E-state index in [4.69, 9.17) is 10.8 Å². The van der Waals surface area contributed by atoms with Crippen molar-refractivity contribution in [3.05, 3.63) is 60.6 Å². The van der Waals surface area contributed by atoms with Crippen molar-refractivity contribution < 1.29 is 4.79 Å². The molecule has 4 heterocycles. The molecule has 5 rings (SSSR count). The van der Waals surface area contributed by atoms with E-state index in [1.807, 2.05) is 22.9 Å². The van der Waals surface area contributed by atoms with Gasteiger partial charge in [0.1, 0.15) is 23.7 Å². The first kappa shape index (κ1) is 20.7. The number of rotatable bonds is 4. The summed E-state index contributed by atoms with van der Waals surface area (Å²) >= 11 is 0. The highest BCUT2D eigenvalue weighted by molar-refractivity contribution is 6.04. The van der Waals surface area contributed by atoms with Gasteiger partial charge in [-0.15, -0.1) is 12.4 Å². The Bertz CT molecular complexity index is 1200. The maximum atomic E-state index is 12.5. The third kappa shape index (κ3) is 3.92. The van der Waals surface area contributed by atoms with Gasteiger partial charge in [0.25, 0.3) is 5.91 Å². The first-order valence-electron chi connectivity index (χ1n) is 9.73. The first-order valence-corrected chi connectivity index (χ1v) is 9.73. The van der Waals surface area contributed by atoms with Crippen molar-refractivity contribution in [2.75, 3.05) is 24.1 Å². The van der Waals surface area contributed by atoms with Crippen LogP contribution < -0.4 is 16.4 Å². The number of aromatic nitrogens is 5. The minimum Gasteiger partial charge on any atom is -0.383 e. The van der Waals surface area contributed by atoms with Crippen molar-refractivity contribution in [2.45, 2.75) is 12.5 Å². The average Bonchev–Trinajstić information content (AvgIpc) is 3.43. The molecule has 0 bridgehead atoms. The summed E-state index contributed by atoms with van der Waals surface area (Å²) in [6, 6.07) is 12.8. The van der Waals surface area contributed by atoms with Crippen LogP contribution in [0.1, 0.15) is 22.8 Å². The van der Waals surface area contributed by atoms with Crippen LogP contribution in [-0.2, 0) is 0 Å². The van der Waals surface area contributed by atoms with E-state index in [0.29, 0.717) is 22.9 Å². The van der Waals surface area contributed by atoms with Crippen LogP contribution in [0.2, 0.25) is 0 Å². The highest BCUT2D eigenvalue weighted by atomic mass is 35.5. The first-order chi connectivity index (χ1) is 14.7. The van der Waals surface area contributed by atoms with Crippen LogP contribution in [0.5, 0.6) is 0 Å². The molecule has 1 aromatic carbocycles. The number of halogens is 1.